The van der Waals surface area contributed by atoms with Gasteiger partial charge in [0.2, 0.25) is 0 Å². The summed E-state index contributed by atoms with van der Waals surface area (Å²) < 4.78 is 0. The number of hydrogen-bond donors (Lipinski definition) is 1. The van der Waals surface area contributed by atoms with E-state index in [2.05, 4.69) is 53.1 Å². The van der Waals surface area contributed by atoms with Crippen LogP contribution in [0.5, 0.6) is 0 Å². The molecule has 2 heterocycles. The zero-order valence-corrected chi connectivity index (χ0v) is 13.2. The third-order valence-corrected chi connectivity index (χ3v) is 3.92. The highest BCUT2D eigenvalue weighted by molar-refractivity contribution is 5.41. The molecule has 0 spiro atoms. The highest BCUT2D eigenvalue weighted by atomic mass is 15.2. The molecule has 0 radical (unpaired) electrons. The van der Waals surface area contributed by atoms with Crippen molar-refractivity contribution in [3.63, 3.8) is 0 Å². The van der Waals surface area contributed by atoms with Gasteiger partial charge in [-0.1, -0.05) is 6.92 Å². The molecule has 112 valence electrons. The second-order valence-electron chi connectivity index (χ2n) is 5.73. The molecule has 1 aliphatic rings. The molecule has 20 heavy (non-hydrogen) atoms. The molecule has 0 amide bonds. The summed E-state index contributed by atoms with van der Waals surface area (Å²) in [5.74, 6) is 1.09. The normalized spacial score (nSPS) is 15.8. The van der Waals surface area contributed by atoms with Crippen molar-refractivity contribution in [3.05, 3.63) is 23.4 Å². The summed E-state index contributed by atoms with van der Waals surface area (Å²) >= 11 is 0. The van der Waals surface area contributed by atoms with Crippen molar-refractivity contribution in [3.8, 4) is 0 Å². The average molecular weight is 276 g/mol. The van der Waals surface area contributed by atoms with E-state index < -0.39 is 0 Å². The maximum absolute atomic E-state index is 4.67. The van der Waals surface area contributed by atoms with Gasteiger partial charge in [0.05, 0.1) is 0 Å². The van der Waals surface area contributed by atoms with Crippen molar-refractivity contribution in [1.29, 1.82) is 0 Å². The Balaban J connectivity index is 1.93. The molecule has 0 unspecified atom stereocenters. The SMILES string of the molecule is CCNCc1cc(C)nc(N(C)CCN2CCCC2)c1. The van der Waals surface area contributed by atoms with Crippen LogP contribution < -0.4 is 10.2 Å². The standard InChI is InChI=1S/C16H28N4/c1-4-17-13-15-11-14(2)18-16(12-15)19(3)9-10-20-7-5-6-8-20/h11-12,17H,4-10,13H2,1-3H3. The van der Waals surface area contributed by atoms with Crippen LogP contribution in [-0.2, 0) is 6.54 Å². The fourth-order valence-corrected chi connectivity index (χ4v) is 2.70. The van der Waals surface area contributed by atoms with E-state index in [4.69, 9.17) is 0 Å². The van der Waals surface area contributed by atoms with Crippen molar-refractivity contribution in [1.82, 2.24) is 15.2 Å². The number of aryl methyl sites for hydroxylation is 1. The van der Waals surface area contributed by atoms with Gasteiger partial charge >= 0.3 is 0 Å². The van der Waals surface area contributed by atoms with Gasteiger partial charge in [0.25, 0.3) is 0 Å². The van der Waals surface area contributed by atoms with E-state index in [1.165, 1.54) is 31.5 Å². The Morgan fingerprint density at radius 2 is 2.05 bits per heavy atom. The Bertz CT molecular complexity index is 413. The number of likely N-dealkylation sites (N-methyl/N-ethyl adjacent to an activating group) is 1. The van der Waals surface area contributed by atoms with Gasteiger partial charge in [0.1, 0.15) is 5.82 Å². The van der Waals surface area contributed by atoms with Crippen molar-refractivity contribution in [2.45, 2.75) is 33.2 Å². The van der Waals surface area contributed by atoms with Gasteiger partial charge in [0.15, 0.2) is 0 Å². The third-order valence-electron chi connectivity index (χ3n) is 3.92. The molecule has 4 nitrogen and oxygen atoms in total. The number of pyridine rings is 1. The lowest BCUT2D eigenvalue weighted by Gasteiger charge is -2.23. The Morgan fingerprint density at radius 3 is 2.75 bits per heavy atom. The van der Waals surface area contributed by atoms with Crippen LogP contribution in [0.2, 0.25) is 0 Å². The summed E-state index contributed by atoms with van der Waals surface area (Å²) in [6.07, 6.45) is 2.72. The average Bonchev–Trinajstić information content (AvgIpc) is 2.95. The highest BCUT2D eigenvalue weighted by Crippen LogP contribution is 2.14. The van der Waals surface area contributed by atoms with Crippen LogP contribution >= 0.6 is 0 Å². The minimum absolute atomic E-state index is 0.923. The Labute approximate surface area is 123 Å². The van der Waals surface area contributed by atoms with Crippen LogP contribution in [0, 0.1) is 6.92 Å². The van der Waals surface area contributed by atoms with E-state index in [-0.39, 0.29) is 0 Å². The predicted octanol–water partition coefficient (Wildman–Crippen LogP) is 2.03. The third kappa shape index (κ3) is 4.46. The molecule has 2 rings (SSSR count). The smallest absolute Gasteiger partial charge is 0.128 e. The van der Waals surface area contributed by atoms with Gasteiger partial charge in [-0.15, -0.1) is 0 Å². The minimum atomic E-state index is 0.923. The maximum Gasteiger partial charge on any atom is 0.128 e. The summed E-state index contributed by atoms with van der Waals surface area (Å²) in [5, 5.41) is 3.38. The van der Waals surface area contributed by atoms with Crippen LogP contribution in [0.15, 0.2) is 12.1 Å². The van der Waals surface area contributed by atoms with Crippen LogP contribution in [-0.4, -0.2) is 49.7 Å². The second-order valence-corrected chi connectivity index (χ2v) is 5.73. The van der Waals surface area contributed by atoms with Crippen LogP contribution in [0.25, 0.3) is 0 Å². The maximum atomic E-state index is 4.67. The molecule has 1 aliphatic heterocycles. The first kappa shape index (κ1) is 15.3. The summed E-state index contributed by atoms with van der Waals surface area (Å²) in [7, 11) is 2.15. The Kier molecular flexibility index (Phi) is 5.80. The van der Waals surface area contributed by atoms with E-state index >= 15 is 0 Å². The lowest BCUT2D eigenvalue weighted by atomic mass is 10.2. The molecule has 0 atom stereocenters. The zero-order valence-electron chi connectivity index (χ0n) is 13.2. The van der Waals surface area contributed by atoms with Gasteiger partial charge in [-0.25, -0.2) is 4.98 Å². The number of aromatic nitrogens is 1. The molecule has 0 aliphatic carbocycles. The molecule has 0 bridgehead atoms. The number of hydrogen-bond acceptors (Lipinski definition) is 4. The number of anilines is 1. The Morgan fingerprint density at radius 1 is 1.30 bits per heavy atom. The zero-order chi connectivity index (χ0) is 14.4. The molecular formula is C16H28N4. The Hall–Kier alpha value is -1.13. The number of rotatable bonds is 7. The van der Waals surface area contributed by atoms with E-state index in [1.807, 2.05) is 0 Å². The fraction of sp³-hybridized carbons (Fsp3) is 0.688. The topological polar surface area (TPSA) is 31.4 Å². The number of nitrogens with one attached hydrogen (secondary N) is 1. The van der Waals surface area contributed by atoms with Crippen LogP contribution in [0.4, 0.5) is 5.82 Å². The highest BCUT2D eigenvalue weighted by Gasteiger charge is 2.12. The second kappa shape index (κ2) is 7.60. The first-order valence-corrected chi connectivity index (χ1v) is 7.81. The molecular weight excluding hydrogens is 248 g/mol. The summed E-state index contributed by atoms with van der Waals surface area (Å²) in [6.45, 7) is 10.9. The van der Waals surface area contributed by atoms with E-state index in [0.717, 1.165) is 37.7 Å². The number of nitrogens with zero attached hydrogens (tertiary/aromatic N) is 3. The monoisotopic (exact) mass is 276 g/mol. The molecule has 1 saturated heterocycles. The van der Waals surface area contributed by atoms with Crippen LogP contribution in [0.3, 0.4) is 0 Å². The van der Waals surface area contributed by atoms with Gasteiger partial charge in [-0.2, -0.15) is 0 Å². The van der Waals surface area contributed by atoms with E-state index in [0.29, 0.717) is 0 Å². The van der Waals surface area contributed by atoms with Crippen molar-refractivity contribution < 1.29 is 0 Å². The van der Waals surface area contributed by atoms with Gasteiger partial charge in [0, 0.05) is 32.4 Å². The van der Waals surface area contributed by atoms with Crippen LogP contribution in [0.1, 0.15) is 31.0 Å². The van der Waals surface area contributed by atoms with E-state index in [9.17, 15) is 0 Å². The van der Waals surface area contributed by atoms with E-state index in [1.54, 1.807) is 0 Å². The lowest BCUT2D eigenvalue weighted by molar-refractivity contribution is 0.346. The molecule has 0 saturated carbocycles. The first-order valence-electron chi connectivity index (χ1n) is 7.81. The van der Waals surface area contributed by atoms with Gasteiger partial charge in [-0.05, 0) is 57.1 Å². The molecule has 1 N–H and O–H groups in total. The van der Waals surface area contributed by atoms with Crippen molar-refractivity contribution in [2.75, 3.05) is 44.7 Å². The first-order chi connectivity index (χ1) is 9.69. The number of likely N-dealkylation sites (tertiary alicyclic amines) is 1. The fourth-order valence-electron chi connectivity index (χ4n) is 2.70. The summed E-state index contributed by atoms with van der Waals surface area (Å²) in [4.78, 5) is 9.49. The summed E-state index contributed by atoms with van der Waals surface area (Å²) in [5.41, 5.74) is 2.42. The largest absolute Gasteiger partial charge is 0.358 e. The van der Waals surface area contributed by atoms with Crippen molar-refractivity contribution in [2.24, 2.45) is 0 Å². The molecule has 1 fully saturated rings. The molecule has 0 aromatic carbocycles. The molecule has 1 aromatic rings. The molecule has 4 heteroatoms. The van der Waals surface area contributed by atoms with Gasteiger partial charge < -0.3 is 15.1 Å². The minimum Gasteiger partial charge on any atom is -0.358 e. The summed E-state index contributed by atoms with van der Waals surface area (Å²) in [6, 6.07) is 4.38. The van der Waals surface area contributed by atoms with Gasteiger partial charge in [-0.3, -0.25) is 0 Å². The predicted molar refractivity (Wildman–Crippen MR) is 85.3 cm³/mol. The lowest BCUT2D eigenvalue weighted by Crippen LogP contribution is -2.32. The molecule has 1 aromatic heterocycles. The quantitative estimate of drug-likeness (QED) is 0.826. The van der Waals surface area contributed by atoms with Crippen molar-refractivity contribution >= 4 is 5.82 Å².